The number of hydrogen-bond donors (Lipinski definition) is 1. The van der Waals surface area contributed by atoms with Crippen molar-refractivity contribution in [3.8, 4) is 0 Å². The number of aryl methyl sites for hydroxylation is 2. The Labute approximate surface area is 118 Å². The standard InChI is InChI=1S/C13H21N7/c1-4-14-7-11-10(2)17-18(3)13(11)19-5-6-20-9-15-16-12(20)8-19/h9,14H,4-8H2,1-3H3. The summed E-state index contributed by atoms with van der Waals surface area (Å²) in [6.07, 6.45) is 1.81. The number of nitrogens with one attached hydrogen (secondary N) is 1. The number of anilines is 1. The zero-order chi connectivity index (χ0) is 14.1. The average molecular weight is 275 g/mol. The second-order valence-corrected chi connectivity index (χ2v) is 5.15. The molecule has 1 aliphatic heterocycles. The molecule has 7 nitrogen and oxygen atoms in total. The maximum atomic E-state index is 4.57. The lowest BCUT2D eigenvalue weighted by atomic mass is 10.2. The molecule has 0 amide bonds. The number of nitrogens with zero attached hydrogens (tertiary/aromatic N) is 6. The summed E-state index contributed by atoms with van der Waals surface area (Å²) in [5.74, 6) is 2.21. The molecule has 3 rings (SSSR count). The Morgan fingerprint density at radius 2 is 2.20 bits per heavy atom. The van der Waals surface area contributed by atoms with Crippen LogP contribution in [0.3, 0.4) is 0 Å². The molecule has 20 heavy (non-hydrogen) atoms. The van der Waals surface area contributed by atoms with E-state index < -0.39 is 0 Å². The van der Waals surface area contributed by atoms with Crippen molar-refractivity contribution in [2.45, 2.75) is 33.5 Å². The first-order valence-corrected chi connectivity index (χ1v) is 7.05. The van der Waals surface area contributed by atoms with E-state index in [1.165, 1.54) is 11.4 Å². The molecular formula is C13H21N7. The van der Waals surface area contributed by atoms with E-state index in [0.717, 1.165) is 44.2 Å². The molecule has 1 aliphatic rings. The van der Waals surface area contributed by atoms with Crippen LogP contribution in [0.2, 0.25) is 0 Å². The SMILES string of the molecule is CCNCc1c(C)nn(C)c1N1CCn2cnnc2C1. The van der Waals surface area contributed by atoms with Crippen molar-refractivity contribution in [1.82, 2.24) is 29.9 Å². The lowest BCUT2D eigenvalue weighted by molar-refractivity contribution is 0.543. The molecule has 0 bridgehead atoms. The fourth-order valence-corrected chi connectivity index (χ4v) is 2.79. The summed E-state index contributed by atoms with van der Waals surface area (Å²) in [7, 11) is 2.01. The summed E-state index contributed by atoms with van der Waals surface area (Å²) in [5.41, 5.74) is 2.37. The normalized spacial score (nSPS) is 14.7. The van der Waals surface area contributed by atoms with Gasteiger partial charge in [-0.25, -0.2) is 0 Å². The number of aromatic nitrogens is 5. The molecule has 2 aromatic rings. The number of fused-ring (bicyclic) bond motifs is 1. The van der Waals surface area contributed by atoms with Gasteiger partial charge < -0.3 is 14.8 Å². The zero-order valence-corrected chi connectivity index (χ0v) is 12.3. The first-order chi connectivity index (χ1) is 9.70. The summed E-state index contributed by atoms with van der Waals surface area (Å²) in [6, 6.07) is 0. The Bertz CT molecular complexity index is 598. The summed E-state index contributed by atoms with van der Waals surface area (Å²) in [4.78, 5) is 2.34. The third-order valence-electron chi connectivity index (χ3n) is 3.80. The van der Waals surface area contributed by atoms with Crippen LogP contribution in [-0.2, 0) is 26.7 Å². The molecule has 0 spiro atoms. The minimum Gasteiger partial charge on any atom is -0.347 e. The van der Waals surface area contributed by atoms with Crippen LogP contribution >= 0.6 is 0 Å². The molecule has 3 heterocycles. The highest BCUT2D eigenvalue weighted by molar-refractivity contribution is 5.50. The lowest BCUT2D eigenvalue weighted by Crippen LogP contribution is -2.35. The van der Waals surface area contributed by atoms with Crippen molar-refractivity contribution >= 4 is 5.82 Å². The fraction of sp³-hybridized carbons (Fsp3) is 0.615. The van der Waals surface area contributed by atoms with Crippen molar-refractivity contribution in [3.63, 3.8) is 0 Å². The molecule has 0 radical (unpaired) electrons. The molecule has 0 saturated carbocycles. The summed E-state index contributed by atoms with van der Waals surface area (Å²) >= 11 is 0. The van der Waals surface area contributed by atoms with Gasteiger partial charge in [-0.1, -0.05) is 6.92 Å². The van der Waals surface area contributed by atoms with E-state index in [2.05, 4.69) is 43.9 Å². The van der Waals surface area contributed by atoms with Gasteiger partial charge in [-0.3, -0.25) is 4.68 Å². The average Bonchev–Trinajstić information content (AvgIpc) is 2.99. The van der Waals surface area contributed by atoms with Crippen LogP contribution in [0.4, 0.5) is 5.82 Å². The van der Waals surface area contributed by atoms with Crippen LogP contribution in [0.15, 0.2) is 6.33 Å². The van der Waals surface area contributed by atoms with Crippen molar-refractivity contribution in [3.05, 3.63) is 23.4 Å². The summed E-state index contributed by atoms with van der Waals surface area (Å²) in [5, 5.41) is 16.1. The minimum atomic E-state index is 0.790. The van der Waals surface area contributed by atoms with Crippen LogP contribution in [-0.4, -0.2) is 37.6 Å². The van der Waals surface area contributed by atoms with E-state index in [1.54, 1.807) is 6.33 Å². The summed E-state index contributed by atoms with van der Waals surface area (Å²) in [6.45, 7) is 8.68. The Hall–Kier alpha value is -1.89. The summed E-state index contributed by atoms with van der Waals surface area (Å²) < 4.78 is 4.09. The number of hydrogen-bond acceptors (Lipinski definition) is 5. The van der Waals surface area contributed by atoms with Gasteiger partial charge in [0.25, 0.3) is 0 Å². The first kappa shape index (κ1) is 13.1. The van der Waals surface area contributed by atoms with Crippen molar-refractivity contribution < 1.29 is 0 Å². The van der Waals surface area contributed by atoms with Crippen LogP contribution in [0.25, 0.3) is 0 Å². The van der Waals surface area contributed by atoms with Gasteiger partial charge in [-0.2, -0.15) is 5.10 Å². The van der Waals surface area contributed by atoms with E-state index in [0.29, 0.717) is 0 Å². The molecule has 2 aromatic heterocycles. The van der Waals surface area contributed by atoms with Gasteiger partial charge in [0.05, 0.1) is 12.2 Å². The fourth-order valence-electron chi connectivity index (χ4n) is 2.79. The highest BCUT2D eigenvalue weighted by atomic mass is 15.4. The van der Waals surface area contributed by atoms with E-state index >= 15 is 0 Å². The van der Waals surface area contributed by atoms with Gasteiger partial charge in [-0.05, 0) is 13.5 Å². The van der Waals surface area contributed by atoms with Gasteiger partial charge in [0, 0.05) is 32.2 Å². The van der Waals surface area contributed by atoms with Gasteiger partial charge in [0.2, 0.25) is 0 Å². The smallest absolute Gasteiger partial charge is 0.152 e. The first-order valence-electron chi connectivity index (χ1n) is 7.05. The van der Waals surface area contributed by atoms with E-state index in [9.17, 15) is 0 Å². The third kappa shape index (κ3) is 2.18. The molecule has 1 N–H and O–H groups in total. The predicted octanol–water partition coefficient (Wildman–Crippen LogP) is 0.450. The van der Waals surface area contributed by atoms with Crippen LogP contribution in [0, 0.1) is 6.92 Å². The van der Waals surface area contributed by atoms with Gasteiger partial charge in [0.15, 0.2) is 5.82 Å². The third-order valence-corrected chi connectivity index (χ3v) is 3.80. The zero-order valence-electron chi connectivity index (χ0n) is 12.3. The topological polar surface area (TPSA) is 63.8 Å². The van der Waals surface area contributed by atoms with Crippen LogP contribution in [0.1, 0.15) is 24.0 Å². The quantitative estimate of drug-likeness (QED) is 0.877. The molecular weight excluding hydrogens is 254 g/mol. The molecule has 108 valence electrons. The molecule has 7 heteroatoms. The monoisotopic (exact) mass is 275 g/mol. The van der Waals surface area contributed by atoms with E-state index in [1.807, 2.05) is 11.7 Å². The van der Waals surface area contributed by atoms with Crippen LogP contribution < -0.4 is 10.2 Å². The molecule has 0 saturated heterocycles. The molecule has 0 aromatic carbocycles. The second-order valence-electron chi connectivity index (χ2n) is 5.15. The van der Waals surface area contributed by atoms with Gasteiger partial charge >= 0.3 is 0 Å². The molecule has 0 atom stereocenters. The Kier molecular flexibility index (Phi) is 3.43. The number of rotatable bonds is 4. The molecule has 0 fully saturated rings. The van der Waals surface area contributed by atoms with E-state index in [-0.39, 0.29) is 0 Å². The van der Waals surface area contributed by atoms with Crippen molar-refractivity contribution in [2.75, 3.05) is 18.0 Å². The Balaban J connectivity index is 1.90. The lowest BCUT2D eigenvalue weighted by Gasteiger charge is -2.29. The largest absolute Gasteiger partial charge is 0.347 e. The van der Waals surface area contributed by atoms with Crippen molar-refractivity contribution in [2.24, 2.45) is 7.05 Å². The van der Waals surface area contributed by atoms with Crippen molar-refractivity contribution in [1.29, 1.82) is 0 Å². The highest BCUT2D eigenvalue weighted by Gasteiger charge is 2.24. The highest BCUT2D eigenvalue weighted by Crippen LogP contribution is 2.26. The van der Waals surface area contributed by atoms with Crippen LogP contribution in [0.5, 0.6) is 0 Å². The maximum absolute atomic E-state index is 4.57. The Morgan fingerprint density at radius 3 is 3.00 bits per heavy atom. The van der Waals surface area contributed by atoms with E-state index in [4.69, 9.17) is 0 Å². The minimum absolute atomic E-state index is 0.790. The van der Waals surface area contributed by atoms with Gasteiger partial charge in [-0.15, -0.1) is 10.2 Å². The van der Waals surface area contributed by atoms with Gasteiger partial charge in [0.1, 0.15) is 12.1 Å². The Morgan fingerprint density at radius 1 is 1.35 bits per heavy atom. The predicted molar refractivity (Wildman–Crippen MR) is 76.4 cm³/mol. The molecule has 0 aliphatic carbocycles. The molecule has 0 unspecified atom stereocenters. The second kappa shape index (κ2) is 5.24. The maximum Gasteiger partial charge on any atom is 0.152 e.